The van der Waals surface area contributed by atoms with E-state index in [4.69, 9.17) is 0 Å². The number of oxime groups is 1. The van der Waals surface area contributed by atoms with Crippen molar-refractivity contribution < 1.29 is 15.1 Å². The Labute approximate surface area is 135 Å². The molecular weight excluding hydrogens is 294 g/mol. The van der Waals surface area contributed by atoms with Gasteiger partial charge in [-0.05, 0) is 50.4 Å². The van der Waals surface area contributed by atoms with Crippen molar-refractivity contribution in [3.63, 3.8) is 0 Å². The highest BCUT2D eigenvalue weighted by Gasteiger charge is 2.60. The number of carbonyl (C=O) groups excluding carboxylic acids is 1. The molecule has 2 N–H and O–H groups in total. The molecule has 6 nitrogen and oxygen atoms in total. The maximum absolute atomic E-state index is 12.9. The van der Waals surface area contributed by atoms with E-state index in [-0.39, 0.29) is 5.71 Å². The second-order valence-corrected chi connectivity index (χ2v) is 7.89. The third-order valence-electron chi connectivity index (χ3n) is 6.18. The molecule has 0 saturated heterocycles. The van der Waals surface area contributed by atoms with Crippen molar-refractivity contribution in [3.05, 3.63) is 12.3 Å². The van der Waals surface area contributed by atoms with Gasteiger partial charge in [-0.2, -0.15) is 5.26 Å². The fraction of sp³-hybridized carbons (Fsp3) is 0.706. The van der Waals surface area contributed by atoms with E-state index in [0.717, 1.165) is 32.1 Å². The number of rotatable bonds is 2. The molecule has 5 atom stereocenters. The SMILES string of the molecule is N#CC1CC=CN1C(=O)/C(=N/O)C12CC3C[C@@H](CC(O)(C3)C1)C2. The standard InChI is InChI=1S/C17H21N3O3/c18-9-13-2-1-3-20(13)15(21)14(19-23)16-5-11-4-12(6-16)8-17(22,7-11)10-16/h1,3,11-13,22-23H,2,4-8,10H2/b19-14-/t11-,12?,13?,16?,17?/m1/s1. The van der Waals surface area contributed by atoms with Crippen LogP contribution in [0.5, 0.6) is 0 Å². The molecule has 1 aliphatic heterocycles. The summed E-state index contributed by atoms with van der Waals surface area (Å²) in [4.78, 5) is 14.3. The van der Waals surface area contributed by atoms with Gasteiger partial charge in [0.25, 0.3) is 5.91 Å². The molecule has 0 aromatic carbocycles. The Morgan fingerprint density at radius 3 is 2.57 bits per heavy atom. The number of nitrogens with zero attached hydrogens (tertiary/aromatic N) is 3. The van der Waals surface area contributed by atoms with E-state index in [2.05, 4.69) is 11.2 Å². The van der Waals surface area contributed by atoms with Gasteiger partial charge < -0.3 is 10.3 Å². The van der Waals surface area contributed by atoms with Crippen LogP contribution < -0.4 is 0 Å². The number of aliphatic hydroxyl groups is 1. The number of nitriles is 1. The molecule has 4 aliphatic carbocycles. The predicted molar refractivity (Wildman–Crippen MR) is 81.3 cm³/mol. The minimum absolute atomic E-state index is 0.136. The summed E-state index contributed by atoms with van der Waals surface area (Å²) in [6, 6.07) is 1.58. The average Bonchev–Trinajstić information content (AvgIpc) is 2.93. The third kappa shape index (κ3) is 2.10. The van der Waals surface area contributed by atoms with Crippen LogP contribution in [0.3, 0.4) is 0 Å². The van der Waals surface area contributed by atoms with Crippen molar-refractivity contribution in [2.75, 3.05) is 0 Å². The molecular formula is C17H21N3O3. The first-order chi connectivity index (χ1) is 11.0. The smallest absolute Gasteiger partial charge is 0.277 e. The van der Waals surface area contributed by atoms with Gasteiger partial charge in [0.15, 0.2) is 5.71 Å². The molecule has 4 saturated carbocycles. The molecule has 0 spiro atoms. The first-order valence-electron chi connectivity index (χ1n) is 8.32. The van der Waals surface area contributed by atoms with Crippen molar-refractivity contribution in [3.8, 4) is 6.07 Å². The topological polar surface area (TPSA) is 96.9 Å². The number of amides is 1. The normalized spacial score (nSPS) is 44.6. The van der Waals surface area contributed by atoms with Gasteiger partial charge in [0.1, 0.15) is 6.04 Å². The van der Waals surface area contributed by atoms with E-state index in [1.54, 1.807) is 12.3 Å². The Balaban J connectivity index is 1.67. The summed E-state index contributed by atoms with van der Waals surface area (Å²) in [5.74, 6) is 0.400. The lowest BCUT2D eigenvalue weighted by atomic mass is 9.46. The largest absolute Gasteiger partial charge is 0.410 e. The lowest BCUT2D eigenvalue weighted by Gasteiger charge is -2.59. The highest BCUT2D eigenvalue weighted by Crippen LogP contribution is 2.62. The van der Waals surface area contributed by atoms with Gasteiger partial charge in [0, 0.05) is 18.0 Å². The summed E-state index contributed by atoms with van der Waals surface area (Å²) < 4.78 is 0. The first kappa shape index (κ1) is 14.7. The van der Waals surface area contributed by atoms with Crippen LogP contribution in [0, 0.1) is 28.6 Å². The Morgan fingerprint density at radius 1 is 1.30 bits per heavy atom. The Kier molecular flexibility index (Phi) is 3.08. The second kappa shape index (κ2) is 4.81. The molecule has 4 unspecified atom stereocenters. The van der Waals surface area contributed by atoms with Crippen LogP contribution in [0.4, 0.5) is 0 Å². The minimum Gasteiger partial charge on any atom is -0.410 e. The zero-order chi connectivity index (χ0) is 16.2. The lowest BCUT2D eigenvalue weighted by Crippen LogP contribution is -2.60. The summed E-state index contributed by atoms with van der Waals surface area (Å²) in [5.41, 5.74) is -1.13. The van der Waals surface area contributed by atoms with Crippen LogP contribution in [0.25, 0.3) is 0 Å². The van der Waals surface area contributed by atoms with Gasteiger partial charge in [-0.15, -0.1) is 0 Å². The molecule has 5 aliphatic rings. The minimum atomic E-state index is -0.726. The van der Waals surface area contributed by atoms with Crippen molar-refractivity contribution in [2.45, 2.75) is 56.6 Å². The maximum Gasteiger partial charge on any atom is 0.277 e. The fourth-order valence-electron chi connectivity index (χ4n) is 5.83. The molecule has 5 rings (SSSR count). The molecule has 4 bridgehead atoms. The number of carbonyl (C=O) groups is 1. The quantitative estimate of drug-likeness (QED) is 0.461. The molecule has 6 heteroatoms. The van der Waals surface area contributed by atoms with E-state index < -0.39 is 23.0 Å². The second-order valence-electron chi connectivity index (χ2n) is 7.89. The van der Waals surface area contributed by atoms with E-state index in [1.807, 2.05) is 0 Å². The zero-order valence-corrected chi connectivity index (χ0v) is 13.0. The summed E-state index contributed by atoms with van der Waals surface area (Å²) in [5, 5.41) is 33.0. The van der Waals surface area contributed by atoms with Crippen molar-refractivity contribution in [2.24, 2.45) is 22.4 Å². The van der Waals surface area contributed by atoms with Crippen LogP contribution in [-0.4, -0.2) is 38.5 Å². The molecule has 1 heterocycles. The fourth-order valence-corrected chi connectivity index (χ4v) is 5.83. The van der Waals surface area contributed by atoms with E-state index in [0.29, 0.717) is 24.7 Å². The molecule has 23 heavy (non-hydrogen) atoms. The van der Waals surface area contributed by atoms with E-state index in [1.165, 1.54) is 4.90 Å². The monoisotopic (exact) mass is 315 g/mol. The highest BCUT2D eigenvalue weighted by molar-refractivity contribution is 6.41. The number of hydrogen-bond donors (Lipinski definition) is 2. The van der Waals surface area contributed by atoms with Crippen molar-refractivity contribution >= 4 is 11.6 Å². The zero-order valence-electron chi connectivity index (χ0n) is 13.0. The molecule has 0 aromatic heterocycles. The van der Waals surface area contributed by atoms with E-state index >= 15 is 0 Å². The molecule has 1 amide bonds. The molecule has 122 valence electrons. The third-order valence-corrected chi connectivity index (χ3v) is 6.18. The Bertz CT molecular complexity index is 634. The summed E-state index contributed by atoms with van der Waals surface area (Å²) >= 11 is 0. The van der Waals surface area contributed by atoms with Gasteiger partial charge >= 0.3 is 0 Å². The van der Waals surface area contributed by atoms with E-state index in [9.17, 15) is 20.4 Å². The van der Waals surface area contributed by atoms with Crippen LogP contribution in [-0.2, 0) is 4.79 Å². The molecule has 0 aromatic rings. The average molecular weight is 315 g/mol. The van der Waals surface area contributed by atoms with Gasteiger partial charge in [-0.25, -0.2) is 0 Å². The van der Waals surface area contributed by atoms with Crippen molar-refractivity contribution in [1.82, 2.24) is 4.90 Å². The first-order valence-corrected chi connectivity index (χ1v) is 8.32. The van der Waals surface area contributed by atoms with Gasteiger partial charge in [-0.1, -0.05) is 11.2 Å². The lowest BCUT2D eigenvalue weighted by molar-refractivity contribution is -0.145. The van der Waals surface area contributed by atoms with Gasteiger partial charge in [0.2, 0.25) is 0 Å². The highest BCUT2D eigenvalue weighted by atomic mass is 16.4. The van der Waals surface area contributed by atoms with Crippen LogP contribution in [0.15, 0.2) is 17.4 Å². The Morgan fingerprint density at radius 2 is 2.00 bits per heavy atom. The number of hydrogen-bond acceptors (Lipinski definition) is 5. The van der Waals surface area contributed by atoms with Gasteiger partial charge in [0.05, 0.1) is 11.7 Å². The summed E-state index contributed by atoms with van der Waals surface area (Å²) in [7, 11) is 0. The van der Waals surface area contributed by atoms with Crippen LogP contribution in [0.2, 0.25) is 0 Å². The Hall–Kier alpha value is -1.87. The van der Waals surface area contributed by atoms with Gasteiger partial charge in [-0.3, -0.25) is 9.69 Å². The summed E-state index contributed by atoms with van der Waals surface area (Å²) in [6.45, 7) is 0. The summed E-state index contributed by atoms with van der Waals surface area (Å²) in [6.07, 6.45) is 8.67. The predicted octanol–water partition coefficient (Wildman–Crippen LogP) is 1.79. The van der Waals surface area contributed by atoms with Crippen LogP contribution >= 0.6 is 0 Å². The molecule has 0 radical (unpaired) electrons. The maximum atomic E-state index is 12.9. The molecule has 4 fully saturated rings. The van der Waals surface area contributed by atoms with Crippen molar-refractivity contribution in [1.29, 1.82) is 5.26 Å². The van der Waals surface area contributed by atoms with Crippen LogP contribution in [0.1, 0.15) is 44.9 Å².